The number of hydrogen-bond donors (Lipinski definition) is 3. The molecule has 0 unspecified atom stereocenters. The maximum absolute atomic E-state index is 13.1. The number of rotatable bonds is 6. The lowest BCUT2D eigenvalue weighted by Gasteiger charge is -2.43. The maximum Gasteiger partial charge on any atom is 0.314 e. The van der Waals surface area contributed by atoms with Crippen LogP contribution in [0.15, 0.2) is 48.5 Å². The van der Waals surface area contributed by atoms with Crippen molar-refractivity contribution in [1.82, 2.24) is 4.90 Å². The molecular formula is C22H25NO6. The van der Waals surface area contributed by atoms with Crippen molar-refractivity contribution in [3.05, 3.63) is 59.7 Å². The molecule has 1 fully saturated rings. The molecule has 1 saturated heterocycles. The van der Waals surface area contributed by atoms with Gasteiger partial charge in [-0.05, 0) is 37.5 Å². The number of carboxylic acid groups (broad SMARTS) is 1. The molecule has 29 heavy (non-hydrogen) atoms. The van der Waals surface area contributed by atoms with Crippen LogP contribution >= 0.6 is 0 Å². The first-order valence-electron chi connectivity index (χ1n) is 9.57. The third kappa shape index (κ3) is 4.35. The van der Waals surface area contributed by atoms with Crippen molar-refractivity contribution < 1.29 is 29.6 Å². The van der Waals surface area contributed by atoms with Crippen LogP contribution < -0.4 is 4.74 Å². The molecule has 0 spiro atoms. The Bertz CT molecular complexity index is 884. The van der Waals surface area contributed by atoms with E-state index in [1.807, 2.05) is 30.3 Å². The molecule has 1 heterocycles. The minimum atomic E-state index is -1.51. The standard InChI is InChI=1S/C22H25NO6/c1-2-29-18-11-16(10-17(24)12-18)20(26)23-9-8-19(25)22(14-23,21(27)28)13-15-6-4-3-5-7-15/h3-7,10-12,19,24-25H,2,8-9,13-14H2,1H3,(H,27,28)/t19-,22+/m0/s1. The van der Waals surface area contributed by atoms with Crippen LogP contribution in [0.1, 0.15) is 29.3 Å². The summed E-state index contributed by atoms with van der Waals surface area (Å²) in [6.07, 6.45) is -0.812. The highest BCUT2D eigenvalue weighted by Gasteiger charge is 2.50. The number of carboxylic acids is 1. The molecule has 7 nitrogen and oxygen atoms in total. The third-order valence-corrected chi connectivity index (χ3v) is 5.31. The van der Waals surface area contributed by atoms with Gasteiger partial charge in [0.2, 0.25) is 0 Å². The van der Waals surface area contributed by atoms with Gasteiger partial charge in [-0.25, -0.2) is 0 Å². The molecule has 0 bridgehead atoms. The topological polar surface area (TPSA) is 107 Å². The number of aliphatic carboxylic acids is 1. The number of ether oxygens (including phenoxy) is 1. The number of likely N-dealkylation sites (tertiary alicyclic amines) is 1. The average molecular weight is 399 g/mol. The zero-order valence-electron chi connectivity index (χ0n) is 16.2. The van der Waals surface area contributed by atoms with Gasteiger partial charge in [0.1, 0.15) is 16.9 Å². The van der Waals surface area contributed by atoms with Crippen molar-refractivity contribution in [1.29, 1.82) is 0 Å². The van der Waals surface area contributed by atoms with Crippen LogP contribution in [0.4, 0.5) is 0 Å². The Morgan fingerprint density at radius 3 is 2.59 bits per heavy atom. The molecule has 7 heteroatoms. The summed E-state index contributed by atoms with van der Waals surface area (Å²) >= 11 is 0. The summed E-state index contributed by atoms with van der Waals surface area (Å²) < 4.78 is 5.38. The Morgan fingerprint density at radius 1 is 1.21 bits per heavy atom. The highest BCUT2D eigenvalue weighted by atomic mass is 16.5. The van der Waals surface area contributed by atoms with Crippen LogP contribution in [0.5, 0.6) is 11.5 Å². The molecule has 1 aliphatic rings. The molecule has 1 amide bonds. The van der Waals surface area contributed by atoms with E-state index >= 15 is 0 Å². The summed E-state index contributed by atoms with van der Waals surface area (Å²) in [5.41, 5.74) is -0.516. The van der Waals surface area contributed by atoms with Crippen LogP contribution in [0.3, 0.4) is 0 Å². The lowest BCUT2D eigenvalue weighted by atomic mass is 9.72. The lowest BCUT2D eigenvalue weighted by molar-refractivity contribution is -0.161. The Balaban J connectivity index is 1.89. The second-order valence-electron chi connectivity index (χ2n) is 7.30. The van der Waals surface area contributed by atoms with Crippen LogP contribution in [0.25, 0.3) is 0 Å². The van der Waals surface area contributed by atoms with Gasteiger partial charge in [-0.1, -0.05) is 30.3 Å². The smallest absolute Gasteiger partial charge is 0.314 e. The molecule has 3 rings (SSSR count). The van der Waals surface area contributed by atoms with Gasteiger partial charge in [-0.3, -0.25) is 9.59 Å². The molecule has 2 atom stereocenters. The Labute approximate surface area is 169 Å². The Kier molecular flexibility index (Phi) is 6.08. The van der Waals surface area contributed by atoms with Crippen molar-refractivity contribution in [2.45, 2.75) is 25.9 Å². The van der Waals surface area contributed by atoms with Gasteiger partial charge in [0.25, 0.3) is 5.91 Å². The number of benzene rings is 2. The van der Waals surface area contributed by atoms with Crippen molar-refractivity contribution in [2.24, 2.45) is 5.41 Å². The monoisotopic (exact) mass is 399 g/mol. The van der Waals surface area contributed by atoms with Gasteiger partial charge in [-0.15, -0.1) is 0 Å². The van der Waals surface area contributed by atoms with Crippen LogP contribution in [0.2, 0.25) is 0 Å². The van der Waals surface area contributed by atoms with E-state index in [0.29, 0.717) is 12.4 Å². The number of phenolic OH excluding ortho intramolecular Hbond substituents is 1. The van der Waals surface area contributed by atoms with Crippen molar-refractivity contribution >= 4 is 11.9 Å². The van der Waals surface area contributed by atoms with Crippen molar-refractivity contribution in [3.8, 4) is 11.5 Å². The number of carbonyl (C=O) groups excluding carboxylic acids is 1. The van der Waals surface area contributed by atoms with E-state index in [-0.39, 0.29) is 37.2 Å². The van der Waals surface area contributed by atoms with Gasteiger partial charge < -0.3 is 25.0 Å². The highest BCUT2D eigenvalue weighted by molar-refractivity contribution is 5.95. The molecule has 2 aromatic rings. The van der Waals surface area contributed by atoms with Gasteiger partial charge in [0.15, 0.2) is 0 Å². The van der Waals surface area contributed by atoms with Crippen LogP contribution in [-0.4, -0.2) is 57.9 Å². The summed E-state index contributed by atoms with van der Waals surface area (Å²) in [7, 11) is 0. The number of piperidine rings is 1. The molecule has 2 aromatic carbocycles. The number of aliphatic hydroxyl groups excluding tert-OH is 1. The quantitative estimate of drug-likeness (QED) is 0.688. The number of hydrogen-bond acceptors (Lipinski definition) is 5. The number of nitrogens with zero attached hydrogens (tertiary/aromatic N) is 1. The predicted molar refractivity (Wildman–Crippen MR) is 106 cm³/mol. The van der Waals surface area contributed by atoms with Gasteiger partial charge in [-0.2, -0.15) is 0 Å². The van der Waals surface area contributed by atoms with Crippen molar-refractivity contribution in [2.75, 3.05) is 19.7 Å². The molecule has 0 aliphatic carbocycles. The van der Waals surface area contributed by atoms with Gasteiger partial charge in [0.05, 0.1) is 12.7 Å². The van der Waals surface area contributed by atoms with Crippen LogP contribution in [-0.2, 0) is 11.2 Å². The normalized spacial score (nSPS) is 21.6. The van der Waals surface area contributed by atoms with Gasteiger partial charge >= 0.3 is 5.97 Å². The molecular weight excluding hydrogens is 374 g/mol. The largest absolute Gasteiger partial charge is 0.508 e. The molecule has 0 aromatic heterocycles. The summed E-state index contributed by atoms with van der Waals surface area (Å²) in [6.45, 7) is 2.27. The minimum Gasteiger partial charge on any atom is -0.508 e. The first kappa shape index (κ1) is 20.7. The molecule has 0 saturated carbocycles. The fourth-order valence-corrected chi connectivity index (χ4v) is 3.81. The number of aliphatic hydroxyl groups is 1. The fraction of sp³-hybridized carbons (Fsp3) is 0.364. The minimum absolute atomic E-state index is 0.106. The van der Waals surface area contributed by atoms with Crippen LogP contribution in [0, 0.1) is 5.41 Å². The predicted octanol–water partition coefficient (Wildman–Crippen LogP) is 2.31. The van der Waals surface area contributed by atoms with E-state index in [2.05, 4.69) is 0 Å². The average Bonchev–Trinajstić information content (AvgIpc) is 2.69. The van der Waals surface area contributed by atoms with E-state index in [0.717, 1.165) is 5.56 Å². The Morgan fingerprint density at radius 2 is 1.93 bits per heavy atom. The van der Waals surface area contributed by atoms with E-state index in [1.165, 1.54) is 23.1 Å². The second-order valence-corrected chi connectivity index (χ2v) is 7.30. The third-order valence-electron chi connectivity index (χ3n) is 5.31. The molecule has 0 radical (unpaired) electrons. The molecule has 1 aliphatic heterocycles. The molecule has 3 N–H and O–H groups in total. The van der Waals surface area contributed by atoms with E-state index in [1.54, 1.807) is 6.92 Å². The summed E-state index contributed by atoms with van der Waals surface area (Å²) in [4.78, 5) is 26.7. The van der Waals surface area contributed by atoms with Crippen molar-refractivity contribution in [3.63, 3.8) is 0 Å². The molecule has 154 valence electrons. The van der Waals surface area contributed by atoms with E-state index < -0.39 is 23.4 Å². The summed E-state index contributed by atoms with van der Waals surface area (Å²) in [5.74, 6) is -1.29. The van der Waals surface area contributed by atoms with E-state index in [9.17, 15) is 24.9 Å². The zero-order chi connectivity index (χ0) is 21.0. The Hall–Kier alpha value is -3.06. The lowest BCUT2D eigenvalue weighted by Crippen LogP contribution is -2.58. The number of phenols is 1. The first-order valence-corrected chi connectivity index (χ1v) is 9.57. The number of carbonyl (C=O) groups is 2. The van der Waals surface area contributed by atoms with E-state index in [4.69, 9.17) is 4.74 Å². The van der Waals surface area contributed by atoms with Gasteiger partial charge in [0, 0.05) is 24.7 Å². The number of amides is 1. The summed E-state index contributed by atoms with van der Waals surface area (Å²) in [6, 6.07) is 13.3. The summed E-state index contributed by atoms with van der Waals surface area (Å²) in [5, 5.41) is 30.5. The zero-order valence-corrected chi connectivity index (χ0v) is 16.2. The number of aromatic hydroxyl groups is 1. The SMILES string of the molecule is CCOc1cc(O)cc(C(=O)N2CC[C@H](O)[C@](Cc3ccccc3)(C(=O)O)C2)c1. The maximum atomic E-state index is 13.1. The fourth-order valence-electron chi connectivity index (χ4n) is 3.81. The second kappa shape index (κ2) is 8.53. The first-order chi connectivity index (χ1) is 13.9. The highest BCUT2D eigenvalue weighted by Crippen LogP contribution is 2.36.